The Kier molecular flexibility index (Phi) is 45.4. The van der Waals surface area contributed by atoms with E-state index in [-0.39, 0.29) is 0 Å². The number of rotatable bonds is 47. The number of carbonyl (C=O) groups is 1. The monoisotopic (exact) mass is 808 g/mol. The molecule has 0 saturated heterocycles. The molecule has 57 heavy (non-hydrogen) atoms. The first-order chi connectivity index (χ1) is 28.0. The summed E-state index contributed by atoms with van der Waals surface area (Å²) in [5.74, 6) is -0.588. The van der Waals surface area contributed by atoms with Gasteiger partial charge in [0.1, 0.15) is 12.2 Å². The number of hydrogen-bond donors (Lipinski definition) is 5. The van der Waals surface area contributed by atoms with Crippen molar-refractivity contribution in [3.05, 3.63) is 12.2 Å². The molecule has 0 aromatic rings. The van der Waals surface area contributed by atoms with E-state index in [0.717, 1.165) is 38.5 Å². The van der Waals surface area contributed by atoms with Crippen molar-refractivity contribution in [3.8, 4) is 0 Å². The fraction of sp³-hybridized carbons (Fsp3) is 0.941. The highest BCUT2D eigenvalue weighted by atomic mass is 16.3. The average Bonchev–Trinajstić information content (AvgIpc) is 3.22. The Morgan fingerprint density at radius 1 is 0.421 bits per heavy atom. The van der Waals surface area contributed by atoms with Crippen LogP contribution >= 0.6 is 0 Å². The Hall–Kier alpha value is -0.950. The largest absolute Gasteiger partial charge is 0.394 e. The minimum Gasteiger partial charge on any atom is -0.394 e. The molecule has 6 nitrogen and oxygen atoms in total. The Morgan fingerprint density at radius 2 is 0.719 bits per heavy atom. The van der Waals surface area contributed by atoms with E-state index in [9.17, 15) is 25.2 Å². The highest BCUT2D eigenvalue weighted by Crippen LogP contribution is 2.17. The van der Waals surface area contributed by atoms with Crippen LogP contribution < -0.4 is 5.32 Å². The lowest BCUT2D eigenvalue weighted by Crippen LogP contribution is -2.53. The van der Waals surface area contributed by atoms with E-state index in [1.54, 1.807) is 0 Å². The molecule has 0 aromatic heterocycles. The zero-order valence-corrected chi connectivity index (χ0v) is 38.4. The number of unbranched alkanes of at least 4 members (excludes halogenated alkanes) is 36. The van der Waals surface area contributed by atoms with Gasteiger partial charge in [0.2, 0.25) is 5.91 Å². The summed E-state index contributed by atoms with van der Waals surface area (Å²) < 4.78 is 0. The molecule has 6 heteroatoms. The summed E-state index contributed by atoms with van der Waals surface area (Å²) >= 11 is 0. The molecule has 1 amide bonds. The molecule has 0 saturated carbocycles. The van der Waals surface area contributed by atoms with Gasteiger partial charge in [-0.05, 0) is 38.5 Å². The van der Waals surface area contributed by atoms with Crippen LogP contribution in [0.5, 0.6) is 0 Å². The lowest BCUT2D eigenvalue weighted by Gasteiger charge is -2.27. The Bertz CT molecular complexity index is 821. The highest BCUT2D eigenvalue weighted by Gasteiger charge is 2.28. The first kappa shape index (κ1) is 56.0. The van der Waals surface area contributed by atoms with E-state index in [2.05, 4.69) is 31.3 Å². The summed E-state index contributed by atoms with van der Waals surface area (Å²) in [5, 5.41) is 43.8. The van der Waals surface area contributed by atoms with Gasteiger partial charge in [-0.2, -0.15) is 0 Å². The number of hydrogen-bond acceptors (Lipinski definition) is 5. The van der Waals surface area contributed by atoms with Gasteiger partial charge in [0.25, 0.3) is 0 Å². The molecule has 0 bridgehead atoms. The fourth-order valence-electron chi connectivity index (χ4n) is 8.17. The maximum Gasteiger partial charge on any atom is 0.249 e. The second kappa shape index (κ2) is 46.1. The van der Waals surface area contributed by atoms with Crippen molar-refractivity contribution < 1.29 is 25.2 Å². The lowest BCUT2D eigenvalue weighted by molar-refractivity contribution is -0.132. The summed E-state index contributed by atoms with van der Waals surface area (Å²) in [6.07, 6.45) is 52.6. The van der Waals surface area contributed by atoms with Crippen LogP contribution in [0.4, 0.5) is 0 Å². The molecule has 0 heterocycles. The van der Waals surface area contributed by atoms with Crippen molar-refractivity contribution in [3.63, 3.8) is 0 Å². The number of allylic oxidation sites excluding steroid dienone is 2. The van der Waals surface area contributed by atoms with Crippen molar-refractivity contribution in [2.45, 2.75) is 301 Å². The minimum atomic E-state index is -1.28. The van der Waals surface area contributed by atoms with Crippen LogP contribution in [0.1, 0.15) is 277 Å². The average molecular weight is 808 g/mol. The van der Waals surface area contributed by atoms with Gasteiger partial charge in [-0.1, -0.05) is 251 Å². The Labute approximate surface area is 355 Å². The summed E-state index contributed by atoms with van der Waals surface area (Å²) in [6.45, 7) is 4.07. The molecule has 340 valence electrons. The SMILES string of the molecule is CCCCCCCCCCCCCCCCCCCC/C=C/CCCC(O)C(O)C(CO)NC(=O)C(O)CCCCCCCCCCCCCCCCCCCC. The van der Waals surface area contributed by atoms with Gasteiger partial charge in [-0.25, -0.2) is 0 Å². The van der Waals surface area contributed by atoms with Crippen LogP contribution in [0.2, 0.25) is 0 Å². The number of nitrogens with one attached hydrogen (secondary N) is 1. The van der Waals surface area contributed by atoms with Gasteiger partial charge in [0.05, 0.1) is 18.8 Å². The normalized spacial score (nSPS) is 14.0. The fourth-order valence-corrected chi connectivity index (χ4v) is 8.17. The summed E-state index contributed by atoms with van der Waals surface area (Å²) in [4.78, 5) is 12.5. The van der Waals surface area contributed by atoms with Crippen molar-refractivity contribution in [2.75, 3.05) is 6.61 Å². The zero-order chi connectivity index (χ0) is 41.7. The third-order valence-corrected chi connectivity index (χ3v) is 12.2. The third-order valence-electron chi connectivity index (χ3n) is 12.2. The van der Waals surface area contributed by atoms with Crippen LogP contribution in [0.3, 0.4) is 0 Å². The van der Waals surface area contributed by atoms with E-state index in [4.69, 9.17) is 0 Å². The number of aliphatic hydroxyl groups excluding tert-OH is 4. The maximum atomic E-state index is 12.5. The standard InChI is InChI=1S/C51H101NO5/c1-3-5-7-9-11-13-15-17-19-21-23-24-25-26-27-29-30-32-34-36-38-40-42-44-48(54)50(56)47(46-53)52-51(57)49(55)45-43-41-39-37-35-33-31-28-22-20-18-16-14-12-10-8-6-4-2/h36,38,47-50,53-56H,3-35,37,39-46H2,1-2H3,(H,52,57)/b38-36+. The van der Waals surface area contributed by atoms with E-state index >= 15 is 0 Å². The maximum absolute atomic E-state index is 12.5. The molecule has 4 unspecified atom stereocenters. The van der Waals surface area contributed by atoms with Crippen molar-refractivity contribution >= 4 is 5.91 Å². The van der Waals surface area contributed by atoms with Gasteiger partial charge >= 0.3 is 0 Å². The van der Waals surface area contributed by atoms with Gasteiger partial charge in [0, 0.05) is 0 Å². The lowest BCUT2D eigenvalue weighted by atomic mass is 10.00. The minimum absolute atomic E-state index is 0.368. The topological polar surface area (TPSA) is 110 Å². The molecule has 0 fully saturated rings. The molecule has 0 rings (SSSR count). The van der Waals surface area contributed by atoms with Gasteiger partial charge < -0.3 is 25.7 Å². The third kappa shape index (κ3) is 40.2. The summed E-state index contributed by atoms with van der Waals surface area (Å²) in [6, 6.07) is -0.998. The van der Waals surface area contributed by atoms with Crippen LogP contribution in [-0.4, -0.2) is 57.3 Å². The molecular formula is C51H101NO5. The van der Waals surface area contributed by atoms with Gasteiger partial charge in [-0.3, -0.25) is 4.79 Å². The van der Waals surface area contributed by atoms with Gasteiger partial charge in [0.15, 0.2) is 0 Å². The number of amides is 1. The van der Waals surface area contributed by atoms with Crippen LogP contribution in [0.25, 0.3) is 0 Å². The van der Waals surface area contributed by atoms with E-state index in [1.807, 2.05) is 0 Å². The quantitative estimate of drug-likeness (QED) is 0.0311. The zero-order valence-electron chi connectivity index (χ0n) is 38.4. The molecule has 0 aliphatic rings. The Morgan fingerprint density at radius 3 is 1.05 bits per heavy atom. The molecule has 0 spiro atoms. The van der Waals surface area contributed by atoms with Crippen LogP contribution in [0, 0.1) is 0 Å². The molecule has 0 aliphatic carbocycles. The summed E-state index contributed by atoms with van der Waals surface area (Å²) in [5.41, 5.74) is 0. The molecular weight excluding hydrogens is 707 g/mol. The highest BCUT2D eigenvalue weighted by molar-refractivity contribution is 5.80. The first-order valence-corrected chi connectivity index (χ1v) is 25.6. The number of aliphatic hydroxyl groups is 4. The molecule has 4 atom stereocenters. The molecule has 0 aromatic carbocycles. The molecule has 5 N–H and O–H groups in total. The van der Waals surface area contributed by atoms with E-state index in [1.165, 1.54) is 212 Å². The molecule has 0 aliphatic heterocycles. The Balaban J connectivity index is 3.67. The van der Waals surface area contributed by atoms with E-state index in [0.29, 0.717) is 12.8 Å². The number of carbonyl (C=O) groups excluding carboxylic acids is 1. The summed E-state index contributed by atoms with van der Waals surface area (Å²) in [7, 11) is 0. The second-order valence-electron chi connectivity index (χ2n) is 17.9. The van der Waals surface area contributed by atoms with Gasteiger partial charge in [-0.15, -0.1) is 0 Å². The van der Waals surface area contributed by atoms with Crippen LogP contribution in [0.15, 0.2) is 12.2 Å². The van der Waals surface area contributed by atoms with Crippen molar-refractivity contribution in [2.24, 2.45) is 0 Å². The predicted octanol–water partition coefficient (Wildman–Crippen LogP) is 14.1. The van der Waals surface area contributed by atoms with E-state index < -0.39 is 36.9 Å². The second-order valence-corrected chi connectivity index (χ2v) is 17.9. The van der Waals surface area contributed by atoms with Crippen LogP contribution in [-0.2, 0) is 4.79 Å². The smallest absolute Gasteiger partial charge is 0.249 e. The predicted molar refractivity (Wildman–Crippen MR) is 247 cm³/mol. The first-order valence-electron chi connectivity index (χ1n) is 25.6. The van der Waals surface area contributed by atoms with Crippen molar-refractivity contribution in [1.29, 1.82) is 0 Å². The van der Waals surface area contributed by atoms with Crippen molar-refractivity contribution in [1.82, 2.24) is 5.32 Å². The molecule has 0 radical (unpaired) electrons.